The zero-order valence-corrected chi connectivity index (χ0v) is 13.4. The number of ether oxygens (including phenoxy) is 1. The first-order valence-corrected chi connectivity index (χ1v) is 7.72. The average Bonchev–Trinajstić information content (AvgIpc) is 3.11. The molecular formula is C17H17N3O4. The van der Waals surface area contributed by atoms with Gasteiger partial charge >= 0.3 is 5.97 Å². The summed E-state index contributed by atoms with van der Waals surface area (Å²) in [4.78, 5) is 38.5. The van der Waals surface area contributed by atoms with Crippen molar-refractivity contribution >= 4 is 17.8 Å². The predicted octanol–water partition coefficient (Wildman–Crippen LogP) is 0.365. The second-order valence-electron chi connectivity index (χ2n) is 5.85. The van der Waals surface area contributed by atoms with Crippen LogP contribution in [0.25, 0.3) is 0 Å². The van der Waals surface area contributed by atoms with Crippen LogP contribution < -0.4 is 5.32 Å². The van der Waals surface area contributed by atoms with Crippen molar-refractivity contribution in [3.63, 3.8) is 0 Å². The van der Waals surface area contributed by atoms with Crippen LogP contribution in [0.3, 0.4) is 0 Å². The summed E-state index contributed by atoms with van der Waals surface area (Å²) in [6.07, 6.45) is 0. The number of benzene rings is 1. The standard InChI is InChI=1S/C17H17N3O4/c1-3-20-15(21)11-12(16(20)22)14(17(23)24-2)19-13(11)10-6-4-5-9(7-10)8-18/h4-7,11-14,19H,3H2,1-2H3/t11-,12+,13+,14+/m0/s1. The maximum Gasteiger partial charge on any atom is 0.323 e. The van der Waals surface area contributed by atoms with E-state index < -0.39 is 29.9 Å². The summed E-state index contributed by atoms with van der Waals surface area (Å²) in [7, 11) is 1.25. The lowest BCUT2D eigenvalue weighted by Crippen LogP contribution is -2.43. The van der Waals surface area contributed by atoms with E-state index in [1.807, 2.05) is 0 Å². The van der Waals surface area contributed by atoms with Gasteiger partial charge in [-0.3, -0.25) is 24.6 Å². The van der Waals surface area contributed by atoms with Gasteiger partial charge < -0.3 is 4.74 Å². The van der Waals surface area contributed by atoms with E-state index in [0.29, 0.717) is 11.1 Å². The first-order chi connectivity index (χ1) is 11.5. The lowest BCUT2D eigenvalue weighted by molar-refractivity contribution is -0.148. The van der Waals surface area contributed by atoms with E-state index in [2.05, 4.69) is 11.4 Å². The van der Waals surface area contributed by atoms with Crippen LogP contribution in [0.2, 0.25) is 0 Å². The van der Waals surface area contributed by atoms with Crippen molar-refractivity contribution in [2.45, 2.75) is 19.0 Å². The van der Waals surface area contributed by atoms with Gasteiger partial charge in [-0.25, -0.2) is 0 Å². The summed E-state index contributed by atoms with van der Waals surface area (Å²) < 4.78 is 4.79. The highest BCUT2D eigenvalue weighted by atomic mass is 16.5. The Morgan fingerprint density at radius 3 is 2.67 bits per heavy atom. The van der Waals surface area contributed by atoms with Gasteiger partial charge in [0.05, 0.1) is 30.6 Å². The van der Waals surface area contributed by atoms with Crippen LogP contribution in [0, 0.1) is 23.2 Å². The summed E-state index contributed by atoms with van der Waals surface area (Å²) in [5, 5.41) is 12.1. The number of nitrogens with zero attached hydrogens (tertiary/aromatic N) is 2. The Morgan fingerprint density at radius 1 is 1.33 bits per heavy atom. The Balaban J connectivity index is 2.05. The van der Waals surface area contributed by atoms with Gasteiger partial charge in [0.15, 0.2) is 0 Å². The topological polar surface area (TPSA) is 99.5 Å². The summed E-state index contributed by atoms with van der Waals surface area (Å²) >= 11 is 0. The number of rotatable bonds is 3. The molecule has 2 saturated heterocycles. The highest BCUT2D eigenvalue weighted by Gasteiger charge is 2.60. The largest absolute Gasteiger partial charge is 0.468 e. The summed E-state index contributed by atoms with van der Waals surface area (Å²) in [6, 6.07) is 7.49. The van der Waals surface area contributed by atoms with Crippen molar-refractivity contribution < 1.29 is 19.1 Å². The number of amides is 2. The van der Waals surface area contributed by atoms with E-state index in [-0.39, 0.29) is 18.4 Å². The van der Waals surface area contributed by atoms with Crippen LogP contribution in [0.4, 0.5) is 0 Å². The average molecular weight is 327 g/mol. The zero-order chi connectivity index (χ0) is 17.4. The minimum Gasteiger partial charge on any atom is -0.468 e. The number of methoxy groups -OCH3 is 1. The maximum atomic E-state index is 12.7. The molecule has 1 aromatic rings. The van der Waals surface area contributed by atoms with Gasteiger partial charge in [0.25, 0.3) is 0 Å². The normalized spacial score (nSPS) is 28.6. The molecule has 7 nitrogen and oxygen atoms in total. The Labute approximate surface area is 139 Å². The van der Waals surface area contributed by atoms with Gasteiger partial charge in [-0.15, -0.1) is 0 Å². The van der Waals surface area contributed by atoms with Gasteiger partial charge in [0.2, 0.25) is 11.8 Å². The smallest absolute Gasteiger partial charge is 0.323 e. The van der Waals surface area contributed by atoms with Crippen LogP contribution in [-0.2, 0) is 19.1 Å². The molecule has 0 radical (unpaired) electrons. The number of likely N-dealkylation sites (tertiary alicyclic amines) is 1. The molecule has 0 bridgehead atoms. The molecule has 0 aliphatic carbocycles. The van der Waals surface area contributed by atoms with Gasteiger partial charge in [0.1, 0.15) is 6.04 Å². The lowest BCUT2D eigenvalue weighted by atomic mass is 9.86. The van der Waals surface area contributed by atoms with E-state index in [1.54, 1.807) is 31.2 Å². The summed E-state index contributed by atoms with van der Waals surface area (Å²) in [6.45, 7) is 1.99. The van der Waals surface area contributed by atoms with Crippen LogP contribution >= 0.6 is 0 Å². The van der Waals surface area contributed by atoms with Gasteiger partial charge in [-0.2, -0.15) is 5.26 Å². The Bertz CT molecular complexity index is 754. The highest BCUT2D eigenvalue weighted by Crippen LogP contribution is 2.44. The number of nitriles is 1. The third-order valence-electron chi connectivity index (χ3n) is 4.71. The van der Waals surface area contributed by atoms with Crippen molar-refractivity contribution in [2.24, 2.45) is 11.8 Å². The molecule has 2 aliphatic rings. The predicted molar refractivity (Wildman–Crippen MR) is 82.2 cm³/mol. The lowest BCUT2D eigenvalue weighted by Gasteiger charge is -2.21. The van der Waals surface area contributed by atoms with E-state index in [1.165, 1.54) is 12.0 Å². The van der Waals surface area contributed by atoms with E-state index in [4.69, 9.17) is 10.00 Å². The molecule has 0 saturated carbocycles. The SMILES string of the molecule is CCN1C(=O)[C@@H]2[C@H](C1=O)[C@@H](c1cccc(C#N)c1)N[C@H]2C(=O)OC. The Hall–Kier alpha value is -2.72. The highest BCUT2D eigenvalue weighted by molar-refractivity contribution is 6.08. The first-order valence-electron chi connectivity index (χ1n) is 7.72. The third-order valence-corrected chi connectivity index (χ3v) is 4.71. The molecule has 2 heterocycles. The maximum absolute atomic E-state index is 12.7. The van der Waals surface area contributed by atoms with Crippen LogP contribution in [0.1, 0.15) is 24.1 Å². The summed E-state index contributed by atoms with van der Waals surface area (Å²) in [5.74, 6) is -2.66. The van der Waals surface area contributed by atoms with Crippen molar-refractivity contribution in [2.75, 3.05) is 13.7 Å². The number of nitrogens with one attached hydrogen (secondary N) is 1. The second-order valence-corrected chi connectivity index (χ2v) is 5.85. The molecule has 3 rings (SSSR count). The van der Waals surface area contributed by atoms with Crippen LogP contribution in [0.5, 0.6) is 0 Å². The fourth-order valence-corrected chi connectivity index (χ4v) is 3.63. The summed E-state index contributed by atoms with van der Waals surface area (Å²) in [5.41, 5.74) is 1.16. The number of fused-ring (bicyclic) bond motifs is 1. The molecule has 124 valence electrons. The van der Waals surface area contributed by atoms with Crippen molar-refractivity contribution in [3.05, 3.63) is 35.4 Å². The molecule has 0 aromatic heterocycles. The van der Waals surface area contributed by atoms with Crippen LogP contribution in [-0.4, -0.2) is 42.4 Å². The Kier molecular flexibility index (Phi) is 4.08. The molecule has 4 atom stereocenters. The number of hydrogen-bond acceptors (Lipinski definition) is 6. The molecule has 24 heavy (non-hydrogen) atoms. The Morgan fingerprint density at radius 2 is 2.04 bits per heavy atom. The number of esters is 1. The third kappa shape index (κ3) is 2.27. The zero-order valence-electron chi connectivity index (χ0n) is 13.4. The van der Waals surface area contributed by atoms with Crippen molar-refractivity contribution in [1.29, 1.82) is 5.26 Å². The number of carbonyl (C=O) groups is 3. The van der Waals surface area contributed by atoms with Gasteiger partial charge in [0, 0.05) is 12.6 Å². The van der Waals surface area contributed by atoms with Crippen molar-refractivity contribution in [1.82, 2.24) is 10.2 Å². The number of hydrogen-bond donors (Lipinski definition) is 1. The van der Waals surface area contributed by atoms with Crippen molar-refractivity contribution in [3.8, 4) is 6.07 Å². The first kappa shape index (κ1) is 16.1. The number of imide groups is 1. The molecule has 1 N–H and O–H groups in total. The molecule has 0 spiro atoms. The molecule has 7 heteroatoms. The molecule has 2 amide bonds. The van der Waals surface area contributed by atoms with E-state index >= 15 is 0 Å². The molecule has 1 aromatic carbocycles. The molecule has 2 aliphatic heterocycles. The minimum absolute atomic E-state index is 0.267. The van der Waals surface area contributed by atoms with E-state index in [9.17, 15) is 14.4 Å². The number of carbonyl (C=O) groups excluding carboxylic acids is 3. The van der Waals surface area contributed by atoms with Gasteiger partial charge in [-0.05, 0) is 24.6 Å². The van der Waals surface area contributed by atoms with E-state index in [0.717, 1.165) is 0 Å². The van der Waals surface area contributed by atoms with Crippen LogP contribution in [0.15, 0.2) is 24.3 Å². The molecule has 2 fully saturated rings. The monoisotopic (exact) mass is 327 g/mol. The quantitative estimate of drug-likeness (QED) is 0.636. The molecule has 0 unspecified atom stereocenters. The second kappa shape index (κ2) is 6.06. The molecular weight excluding hydrogens is 310 g/mol. The van der Waals surface area contributed by atoms with Gasteiger partial charge in [-0.1, -0.05) is 12.1 Å². The minimum atomic E-state index is -0.872. The fraction of sp³-hybridized carbons (Fsp3) is 0.412. The fourth-order valence-electron chi connectivity index (χ4n) is 3.63.